The minimum atomic E-state index is -1.69. The number of likely N-dealkylation sites (tertiary alicyclic amines) is 1. The molecule has 1 aliphatic heterocycles. The number of thiazole rings is 1. The number of aromatic nitrogens is 2. The fourth-order valence-corrected chi connectivity index (χ4v) is 5.71. The van der Waals surface area contributed by atoms with E-state index in [0.29, 0.717) is 35.5 Å². The fraction of sp³-hybridized carbons (Fsp3) is 0.440. The zero-order valence-corrected chi connectivity index (χ0v) is 20.6. The molecule has 0 unspecified atom stereocenters. The number of amides is 1. The predicted octanol–water partition coefficient (Wildman–Crippen LogP) is 3.33. The van der Waals surface area contributed by atoms with Crippen molar-refractivity contribution in [2.24, 2.45) is 0 Å². The summed E-state index contributed by atoms with van der Waals surface area (Å²) in [5.41, 5.74) is 0.720. The zero-order valence-electron chi connectivity index (χ0n) is 19.7. The summed E-state index contributed by atoms with van der Waals surface area (Å²) in [6.07, 6.45) is 5.02. The summed E-state index contributed by atoms with van der Waals surface area (Å²) in [5.74, 6) is -0.715. The highest BCUT2D eigenvalue weighted by Crippen LogP contribution is 2.36. The maximum absolute atomic E-state index is 12.4. The Morgan fingerprint density at radius 2 is 2.09 bits per heavy atom. The highest BCUT2D eigenvalue weighted by atomic mass is 32.1. The van der Waals surface area contributed by atoms with Crippen LogP contribution in [0.25, 0.3) is 21.8 Å². The van der Waals surface area contributed by atoms with Crippen LogP contribution in [0.3, 0.4) is 0 Å². The molecule has 1 aliphatic carbocycles. The third kappa shape index (κ3) is 4.49. The number of carbonyl (C=O) groups is 2. The Morgan fingerprint density at radius 1 is 1.31 bits per heavy atom. The average Bonchev–Trinajstić information content (AvgIpc) is 3.68. The van der Waals surface area contributed by atoms with E-state index in [0.717, 1.165) is 28.8 Å². The average molecular weight is 497 g/mol. The molecule has 0 spiro atoms. The van der Waals surface area contributed by atoms with E-state index in [9.17, 15) is 14.7 Å². The van der Waals surface area contributed by atoms with Crippen LogP contribution in [0, 0.1) is 0 Å². The minimum absolute atomic E-state index is 0.134. The molecule has 184 valence electrons. The first-order valence-corrected chi connectivity index (χ1v) is 12.6. The van der Waals surface area contributed by atoms with Crippen LogP contribution in [0.15, 0.2) is 34.9 Å². The minimum Gasteiger partial charge on any atom is -0.464 e. The van der Waals surface area contributed by atoms with Gasteiger partial charge in [0, 0.05) is 49.8 Å². The summed E-state index contributed by atoms with van der Waals surface area (Å²) in [6, 6.07) is 9.64. The number of benzene rings is 1. The maximum Gasteiger partial charge on any atom is 0.357 e. The molecule has 3 aromatic rings. The second-order valence-electron chi connectivity index (χ2n) is 9.14. The Kier molecular flexibility index (Phi) is 6.43. The lowest BCUT2D eigenvalue weighted by Crippen LogP contribution is -2.35. The summed E-state index contributed by atoms with van der Waals surface area (Å²) in [4.78, 5) is 31.7. The van der Waals surface area contributed by atoms with E-state index in [1.807, 2.05) is 24.3 Å². The standard InChI is InChI=1S/C25H28N4O5S/c1-29-11-10-25(32,24(29)31)20-13-18(28-34-20)15-6-5-7-16(12-15)22-27-21(23(30)33-2)19(35-22)14-26-17-8-3-4-9-17/h5-7,12-13,17,26,32H,3-4,8-11,14H2,1-2H3/t25-/m1/s1. The Hall–Kier alpha value is -3.08. The van der Waals surface area contributed by atoms with Gasteiger partial charge in [-0.25, -0.2) is 9.78 Å². The first-order chi connectivity index (χ1) is 16.9. The topological polar surface area (TPSA) is 118 Å². The lowest BCUT2D eigenvalue weighted by Gasteiger charge is -2.16. The molecule has 2 aliphatic rings. The van der Waals surface area contributed by atoms with Crippen LogP contribution >= 0.6 is 11.3 Å². The van der Waals surface area contributed by atoms with Gasteiger partial charge in [0.25, 0.3) is 5.91 Å². The first-order valence-electron chi connectivity index (χ1n) is 11.8. The number of esters is 1. The highest BCUT2D eigenvalue weighted by Gasteiger charge is 2.48. The van der Waals surface area contributed by atoms with E-state index in [-0.39, 0.29) is 12.2 Å². The van der Waals surface area contributed by atoms with Gasteiger partial charge in [-0.3, -0.25) is 4.79 Å². The van der Waals surface area contributed by atoms with Crippen LogP contribution in [0.4, 0.5) is 0 Å². The van der Waals surface area contributed by atoms with Gasteiger partial charge in [-0.2, -0.15) is 0 Å². The van der Waals surface area contributed by atoms with Gasteiger partial charge in [0.05, 0.1) is 12.0 Å². The number of likely N-dealkylation sites (N-methyl/N-ethyl adjacent to an activating group) is 1. The largest absolute Gasteiger partial charge is 0.464 e. The zero-order chi connectivity index (χ0) is 24.6. The molecule has 2 aromatic heterocycles. The van der Waals surface area contributed by atoms with Gasteiger partial charge in [-0.05, 0) is 18.9 Å². The molecule has 2 fully saturated rings. The van der Waals surface area contributed by atoms with Crippen LogP contribution in [0.5, 0.6) is 0 Å². The van der Waals surface area contributed by atoms with Crippen LogP contribution in [-0.4, -0.2) is 58.8 Å². The number of aliphatic hydroxyl groups is 1. The monoisotopic (exact) mass is 496 g/mol. The van der Waals surface area contributed by atoms with E-state index in [1.54, 1.807) is 13.1 Å². The van der Waals surface area contributed by atoms with Crippen molar-refractivity contribution in [1.82, 2.24) is 20.4 Å². The van der Waals surface area contributed by atoms with Crippen molar-refractivity contribution in [2.75, 3.05) is 20.7 Å². The molecule has 35 heavy (non-hydrogen) atoms. The molecule has 0 bridgehead atoms. The van der Waals surface area contributed by atoms with Crippen LogP contribution < -0.4 is 5.32 Å². The molecular weight excluding hydrogens is 468 g/mol. The van der Waals surface area contributed by atoms with Gasteiger partial charge < -0.3 is 24.6 Å². The lowest BCUT2D eigenvalue weighted by atomic mass is 9.98. The fourth-order valence-electron chi connectivity index (χ4n) is 4.72. The van der Waals surface area contributed by atoms with Crippen molar-refractivity contribution in [3.63, 3.8) is 0 Å². The summed E-state index contributed by atoms with van der Waals surface area (Å²) in [7, 11) is 3.01. The summed E-state index contributed by atoms with van der Waals surface area (Å²) < 4.78 is 10.4. The molecule has 10 heteroatoms. The van der Waals surface area contributed by atoms with Gasteiger partial charge in [0.15, 0.2) is 11.5 Å². The van der Waals surface area contributed by atoms with Gasteiger partial charge in [0.2, 0.25) is 5.60 Å². The van der Waals surface area contributed by atoms with E-state index in [2.05, 4.69) is 15.5 Å². The van der Waals surface area contributed by atoms with Crippen LogP contribution in [0.2, 0.25) is 0 Å². The molecule has 1 saturated heterocycles. The molecule has 3 heterocycles. The Morgan fingerprint density at radius 3 is 2.80 bits per heavy atom. The number of nitrogens with one attached hydrogen (secondary N) is 1. The van der Waals surface area contributed by atoms with Crippen molar-refractivity contribution in [3.05, 3.63) is 46.7 Å². The second-order valence-corrected chi connectivity index (χ2v) is 10.2. The van der Waals surface area contributed by atoms with Gasteiger partial charge in [-0.1, -0.05) is 36.2 Å². The molecule has 1 amide bonds. The van der Waals surface area contributed by atoms with Gasteiger partial charge in [-0.15, -0.1) is 11.3 Å². The molecule has 1 aromatic carbocycles. The molecule has 5 rings (SSSR count). The number of methoxy groups -OCH3 is 1. The molecule has 9 nitrogen and oxygen atoms in total. The van der Waals surface area contributed by atoms with E-state index in [1.165, 1.54) is 36.2 Å². The smallest absolute Gasteiger partial charge is 0.357 e. The lowest BCUT2D eigenvalue weighted by molar-refractivity contribution is -0.144. The maximum atomic E-state index is 12.4. The van der Waals surface area contributed by atoms with Crippen LogP contribution in [-0.2, 0) is 21.7 Å². The van der Waals surface area contributed by atoms with Crippen molar-refractivity contribution in [3.8, 4) is 21.8 Å². The molecule has 2 N–H and O–H groups in total. The van der Waals surface area contributed by atoms with Gasteiger partial charge in [0.1, 0.15) is 10.7 Å². The summed E-state index contributed by atoms with van der Waals surface area (Å²) in [6.45, 7) is 1.02. The molecule has 0 radical (unpaired) electrons. The Bertz CT molecular complexity index is 1250. The van der Waals surface area contributed by atoms with E-state index in [4.69, 9.17) is 9.26 Å². The van der Waals surface area contributed by atoms with E-state index >= 15 is 0 Å². The summed E-state index contributed by atoms with van der Waals surface area (Å²) >= 11 is 1.46. The third-order valence-corrected chi connectivity index (χ3v) is 7.92. The molecule has 1 saturated carbocycles. The Balaban J connectivity index is 1.41. The van der Waals surface area contributed by atoms with Crippen molar-refractivity contribution < 1.29 is 24.0 Å². The molecular formula is C25H28N4O5S. The Labute approximate surface area is 207 Å². The van der Waals surface area contributed by atoms with Crippen molar-refractivity contribution in [1.29, 1.82) is 0 Å². The summed E-state index contributed by atoms with van der Waals surface area (Å²) in [5, 5.41) is 19.2. The van der Waals surface area contributed by atoms with Crippen molar-refractivity contribution >= 4 is 23.2 Å². The number of hydrogen-bond acceptors (Lipinski definition) is 9. The first kappa shape index (κ1) is 23.7. The normalized spacial score (nSPS) is 20.7. The number of nitrogens with zero attached hydrogens (tertiary/aromatic N) is 3. The van der Waals surface area contributed by atoms with Crippen molar-refractivity contribution in [2.45, 2.75) is 50.3 Å². The predicted molar refractivity (Wildman–Crippen MR) is 130 cm³/mol. The second kappa shape index (κ2) is 9.52. The van der Waals surface area contributed by atoms with E-state index < -0.39 is 17.5 Å². The number of hydrogen-bond donors (Lipinski definition) is 2. The quantitative estimate of drug-likeness (QED) is 0.478. The SMILES string of the molecule is COC(=O)c1nc(-c2cccc(-c3cc([C@]4(O)CCN(C)C4=O)on3)c2)sc1CNC1CCCC1. The third-order valence-electron chi connectivity index (χ3n) is 6.82. The van der Waals surface area contributed by atoms with Gasteiger partial charge >= 0.3 is 5.97 Å². The number of rotatable bonds is 7. The number of ether oxygens (including phenoxy) is 1. The number of carbonyl (C=O) groups excluding carboxylic acids is 2. The highest BCUT2D eigenvalue weighted by molar-refractivity contribution is 7.15. The molecule has 1 atom stereocenters. The van der Waals surface area contributed by atoms with Crippen LogP contribution in [0.1, 0.15) is 53.2 Å².